The van der Waals surface area contributed by atoms with E-state index in [1.54, 1.807) is 14.2 Å². The monoisotopic (exact) mass is 221 g/mol. The lowest BCUT2D eigenvalue weighted by Crippen LogP contribution is -2.86. The highest BCUT2D eigenvalue weighted by Crippen LogP contribution is 2.27. The maximum Gasteiger partial charge on any atom is 0.177 e. The molecule has 4 nitrogen and oxygen atoms in total. The van der Waals surface area contributed by atoms with Crippen molar-refractivity contribution in [2.75, 3.05) is 21.3 Å². The van der Waals surface area contributed by atoms with Crippen LogP contribution in [-0.4, -0.2) is 27.3 Å². The maximum atomic E-state index is 8.88. The van der Waals surface area contributed by atoms with Crippen LogP contribution in [0.4, 0.5) is 0 Å². The van der Waals surface area contributed by atoms with Crippen molar-refractivity contribution in [3.05, 3.63) is 23.8 Å². The number of likely N-dealkylation sites (N-methyl/N-ethyl adjacent to an activating group) is 1. The first-order valence-electron chi connectivity index (χ1n) is 5.15. The van der Waals surface area contributed by atoms with Crippen LogP contribution in [0.2, 0.25) is 0 Å². The van der Waals surface area contributed by atoms with E-state index in [2.05, 4.69) is 6.07 Å². The Morgan fingerprint density at radius 2 is 2.00 bits per heavy atom. The minimum Gasteiger partial charge on any atom is -0.493 e. The average Bonchev–Trinajstić information content (AvgIpc) is 2.35. The van der Waals surface area contributed by atoms with Crippen molar-refractivity contribution >= 4 is 0 Å². The van der Waals surface area contributed by atoms with E-state index in [0.29, 0.717) is 17.9 Å². The third-order valence-corrected chi connectivity index (χ3v) is 2.47. The molecule has 0 heterocycles. The number of benzene rings is 1. The number of hydrogen-bond donors (Lipinski definition) is 1. The summed E-state index contributed by atoms with van der Waals surface area (Å²) in [5.41, 5.74) is 1.07. The van der Waals surface area contributed by atoms with Crippen LogP contribution in [0, 0.1) is 11.3 Å². The summed E-state index contributed by atoms with van der Waals surface area (Å²) < 4.78 is 10.4. The second kappa shape index (κ2) is 5.99. The topological polar surface area (TPSA) is 58.9 Å². The highest BCUT2D eigenvalue weighted by Gasteiger charge is 2.11. The average molecular weight is 221 g/mol. The quantitative estimate of drug-likeness (QED) is 0.779. The third kappa shape index (κ3) is 2.88. The third-order valence-electron chi connectivity index (χ3n) is 2.47. The minimum absolute atomic E-state index is 0.0573. The molecule has 0 saturated heterocycles. The molecule has 0 saturated carbocycles. The minimum atomic E-state index is -0.0573. The molecule has 0 radical (unpaired) electrons. The summed E-state index contributed by atoms with van der Waals surface area (Å²) in [4.78, 5) is 0. The van der Waals surface area contributed by atoms with Gasteiger partial charge in [0.15, 0.2) is 17.5 Å². The van der Waals surface area contributed by atoms with Gasteiger partial charge in [0.1, 0.15) is 6.07 Å². The van der Waals surface area contributed by atoms with E-state index in [1.165, 1.54) is 0 Å². The van der Waals surface area contributed by atoms with E-state index >= 15 is 0 Å². The number of methoxy groups -OCH3 is 2. The highest BCUT2D eigenvalue weighted by molar-refractivity contribution is 5.43. The van der Waals surface area contributed by atoms with Crippen LogP contribution >= 0.6 is 0 Å². The number of nitrogens with two attached hydrogens (primary N) is 1. The molecule has 1 atom stereocenters. The first-order valence-corrected chi connectivity index (χ1v) is 5.15. The van der Waals surface area contributed by atoms with E-state index in [0.717, 1.165) is 5.56 Å². The molecule has 0 aliphatic heterocycles. The van der Waals surface area contributed by atoms with Crippen molar-refractivity contribution in [3.63, 3.8) is 0 Å². The van der Waals surface area contributed by atoms with Crippen molar-refractivity contribution in [2.45, 2.75) is 12.5 Å². The van der Waals surface area contributed by atoms with Crippen LogP contribution in [0.1, 0.15) is 5.56 Å². The zero-order valence-corrected chi connectivity index (χ0v) is 9.86. The molecule has 0 spiro atoms. The Labute approximate surface area is 95.8 Å². The number of ether oxygens (including phenoxy) is 2. The van der Waals surface area contributed by atoms with Crippen LogP contribution in [0.25, 0.3) is 0 Å². The van der Waals surface area contributed by atoms with E-state index in [4.69, 9.17) is 14.7 Å². The molecule has 0 fully saturated rings. The van der Waals surface area contributed by atoms with Gasteiger partial charge in [-0.15, -0.1) is 0 Å². The highest BCUT2D eigenvalue weighted by atomic mass is 16.5. The van der Waals surface area contributed by atoms with Crippen molar-refractivity contribution in [1.82, 2.24) is 0 Å². The normalized spacial score (nSPS) is 11.6. The molecule has 86 valence electrons. The molecular formula is C12H17N2O2+. The van der Waals surface area contributed by atoms with Crippen molar-refractivity contribution < 1.29 is 14.8 Å². The standard InChI is InChI=1S/C12H16N2O2/c1-14-10(8-13)6-9-4-5-11(15-2)12(7-9)16-3/h4-5,7,10,14H,6H2,1-3H3/p+1/t10-/m1/s1. The van der Waals surface area contributed by atoms with Gasteiger partial charge in [0.25, 0.3) is 0 Å². The molecule has 2 N–H and O–H groups in total. The lowest BCUT2D eigenvalue weighted by Gasteiger charge is -2.10. The fraction of sp³-hybridized carbons (Fsp3) is 0.417. The Morgan fingerprint density at radius 3 is 2.50 bits per heavy atom. The van der Waals surface area contributed by atoms with Crippen molar-refractivity contribution in [3.8, 4) is 17.6 Å². The van der Waals surface area contributed by atoms with Gasteiger partial charge in [0.05, 0.1) is 21.3 Å². The Bertz CT molecular complexity index is 385. The van der Waals surface area contributed by atoms with Gasteiger partial charge in [-0.1, -0.05) is 6.07 Å². The van der Waals surface area contributed by atoms with Crippen LogP contribution in [-0.2, 0) is 6.42 Å². The Balaban J connectivity index is 2.87. The van der Waals surface area contributed by atoms with Gasteiger partial charge in [0.2, 0.25) is 0 Å². The number of hydrogen-bond acceptors (Lipinski definition) is 3. The maximum absolute atomic E-state index is 8.88. The predicted octanol–water partition coefficient (Wildman–Crippen LogP) is 0.332. The number of nitriles is 1. The summed E-state index contributed by atoms with van der Waals surface area (Å²) >= 11 is 0. The largest absolute Gasteiger partial charge is 0.493 e. The lowest BCUT2D eigenvalue weighted by atomic mass is 10.1. The van der Waals surface area contributed by atoms with E-state index < -0.39 is 0 Å². The Kier molecular flexibility index (Phi) is 4.62. The predicted molar refractivity (Wildman–Crippen MR) is 60.5 cm³/mol. The summed E-state index contributed by atoms with van der Waals surface area (Å²) in [5, 5.41) is 10.8. The summed E-state index contributed by atoms with van der Waals surface area (Å²) in [7, 11) is 5.11. The number of rotatable bonds is 5. The fourth-order valence-corrected chi connectivity index (χ4v) is 1.50. The molecule has 1 aromatic carbocycles. The molecule has 0 aliphatic rings. The summed E-state index contributed by atoms with van der Waals surface area (Å²) in [6.07, 6.45) is 0.702. The second-order valence-electron chi connectivity index (χ2n) is 3.46. The molecule has 0 bridgehead atoms. The van der Waals surface area contributed by atoms with Crippen molar-refractivity contribution in [1.29, 1.82) is 5.26 Å². The van der Waals surface area contributed by atoms with Gasteiger partial charge < -0.3 is 14.8 Å². The summed E-state index contributed by atoms with van der Waals surface area (Å²) in [5.74, 6) is 1.41. The molecule has 16 heavy (non-hydrogen) atoms. The molecule has 0 aromatic heterocycles. The molecule has 1 rings (SSSR count). The second-order valence-corrected chi connectivity index (χ2v) is 3.46. The molecule has 1 aromatic rings. The van der Waals surface area contributed by atoms with Crippen LogP contribution in [0.5, 0.6) is 11.5 Å². The van der Waals surface area contributed by atoms with Crippen LogP contribution < -0.4 is 14.8 Å². The first-order chi connectivity index (χ1) is 7.74. The number of nitrogens with zero attached hydrogens (tertiary/aromatic N) is 1. The molecule has 0 unspecified atom stereocenters. The molecule has 4 heteroatoms. The number of quaternary nitrogens is 1. The first kappa shape index (κ1) is 12.3. The molecule has 0 amide bonds. The van der Waals surface area contributed by atoms with Gasteiger partial charge in [-0.05, 0) is 17.7 Å². The van der Waals surface area contributed by atoms with Crippen molar-refractivity contribution in [2.24, 2.45) is 0 Å². The van der Waals surface area contributed by atoms with Gasteiger partial charge in [-0.2, -0.15) is 5.26 Å². The zero-order chi connectivity index (χ0) is 12.0. The summed E-state index contributed by atoms with van der Waals surface area (Å²) in [6, 6.07) is 7.90. The van der Waals surface area contributed by atoms with Crippen LogP contribution in [0.15, 0.2) is 18.2 Å². The molecular weight excluding hydrogens is 204 g/mol. The van der Waals surface area contributed by atoms with Gasteiger partial charge >= 0.3 is 0 Å². The SMILES string of the molecule is C[NH2+][C@@H](C#N)Cc1ccc(OC)c(OC)c1. The van der Waals surface area contributed by atoms with Gasteiger partial charge in [-0.25, -0.2) is 0 Å². The fourth-order valence-electron chi connectivity index (χ4n) is 1.50. The lowest BCUT2D eigenvalue weighted by molar-refractivity contribution is -0.650. The Morgan fingerprint density at radius 1 is 1.31 bits per heavy atom. The van der Waals surface area contributed by atoms with Gasteiger partial charge in [-0.3, -0.25) is 0 Å². The van der Waals surface area contributed by atoms with Gasteiger partial charge in [0, 0.05) is 6.42 Å². The van der Waals surface area contributed by atoms with E-state index in [-0.39, 0.29) is 6.04 Å². The Hall–Kier alpha value is -1.73. The van der Waals surface area contributed by atoms with E-state index in [1.807, 2.05) is 30.6 Å². The summed E-state index contributed by atoms with van der Waals surface area (Å²) in [6.45, 7) is 0. The van der Waals surface area contributed by atoms with Crippen LogP contribution in [0.3, 0.4) is 0 Å². The smallest absolute Gasteiger partial charge is 0.177 e. The van der Waals surface area contributed by atoms with E-state index in [9.17, 15) is 0 Å². The molecule has 0 aliphatic carbocycles. The zero-order valence-electron chi connectivity index (χ0n) is 9.86.